The lowest BCUT2D eigenvalue weighted by atomic mass is 9.67. The Labute approximate surface area is 192 Å². The molecule has 1 saturated carbocycles. The van der Waals surface area contributed by atoms with E-state index in [1.807, 2.05) is 18.5 Å². The number of aryl methyl sites for hydroxylation is 1. The molecular weight excluding hydrogens is 396 g/mol. The monoisotopic (exact) mass is 432 g/mol. The third kappa shape index (κ3) is 3.85. The summed E-state index contributed by atoms with van der Waals surface area (Å²) in [5.74, 6) is 2.27. The number of amides is 1. The Morgan fingerprint density at radius 3 is 2.50 bits per heavy atom. The van der Waals surface area contributed by atoms with Crippen molar-refractivity contribution in [2.45, 2.75) is 70.8 Å². The predicted molar refractivity (Wildman–Crippen MR) is 127 cm³/mol. The lowest BCUT2D eigenvalue weighted by molar-refractivity contribution is 0.0737. The molecule has 2 aliphatic heterocycles. The minimum absolute atomic E-state index is 0.231. The van der Waals surface area contributed by atoms with Crippen LogP contribution in [-0.4, -0.2) is 40.4 Å². The maximum atomic E-state index is 13.3. The van der Waals surface area contributed by atoms with Gasteiger partial charge < -0.3 is 10.2 Å². The Bertz CT molecular complexity index is 963. The van der Waals surface area contributed by atoms with E-state index in [4.69, 9.17) is 9.97 Å². The normalized spacial score (nSPS) is 22.1. The minimum Gasteiger partial charge on any atom is -0.334 e. The first-order valence-electron chi connectivity index (χ1n) is 12.5. The van der Waals surface area contributed by atoms with Gasteiger partial charge in [0.15, 0.2) is 0 Å². The first-order valence-corrected chi connectivity index (χ1v) is 12.5. The van der Waals surface area contributed by atoms with Gasteiger partial charge in [-0.2, -0.15) is 0 Å². The van der Waals surface area contributed by atoms with E-state index in [1.54, 1.807) is 0 Å². The number of hydrogen-bond donors (Lipinski definition) is 1. The zero-order valence-corrected chi connectivity index (χ0v) is 19.6. The van der Waals surface area contributed by atoms with Crippen molar-refractivity contribution in [1.29, 1.82) is 0 Å². The van der Waals surface area contributed by atoms with Crippen LogP contribution in [0, 0.1) is 18.8 Å². The molecule has 5 nitrogen and oxygen atoms in total. The van der Waals surface area contributed by atoms with Gasteiger partial charge in [-0.05, 0) is 87.2 Å². The van der Waals surface area contributed by atoms with Crippen LogP contribution in [0.25, 0.3) is 0 Å². The third-order valence-electron chi connectivity index (χ3n) is 8.27. The first-order chi connectivity index (χ1) is 15.6. The second-order valence-electron chi connectivity index (χ2n) is 10.3. The minimum atomic E-state index is -0.261. The molecule has 5 heteroatoms. The highest BCUT2D eigenvalue weighted by Crippen LogP contribution is 2.43. The summed E-state index contributed by atoms with van der Waals surface area (Å²) in [6.07, 6.45) is 12.4. The van der Waals surface area contributed by atoms with Gasteiger partial charge in [-0.25, -0.2) is 9.97 Å². The lowest BCUT2D eigenvalue weighted by Crippen LogP contribution is -2.42. The van der Waals surface area contributed by atoms with Crippen molar-refractivity contribution in [3.8, 4) is 0 Å². The van der Waals surface area contributed by atoms with Crippen LogP contribution in [0.1, 0.15) is 84.7 Å². The molecular formula is C27H36N4O. The summed E-state index contributed by atoms with van der Waals surface area (Å²) in [6.45, 7) is 8.15. The summed E-state index contributed by atoms with van der Waals surface area (Å²) < 4.78 is 0. The number of carbonyl (C=O) groups is 1. The van der Waals surface area contributed by atoms with E-state index in [0.717, 1.165) is 56.0 Å². The molecule has 5 rings (SSSR count). The van der Waals surface area contributed by atoms with Crippen LogP contribution in [0.2, 0.25) is 0 Å². The van der Waals surface area contributed by atoms with Crippen molar-refractivity contribution < 1.29 is 4.79 Å². The van der Waals surface area contributed by atoms with Gasteiger partial charge in [0, 0.05) is 31.0 Å². The molecule has 1 aliphatic carbocycles. The maximum Gasteiger partial charge on any atom is 0.254 e. The van der Waals surface area contributed by atoms with Crippen LogP contribution in [0.3, 0.4) is 0 Å². The summed E-state index contributed by atoms with van der Waals surface area (Å²) in [5, 5.41) is 3.50. The second-order valence-corrected chi connectivity index (χ2v) is 10.3. The largest absolute Gasteiger partial charge is 0.334 e. The predicted octanol–water partition coefficient (Wildman–Crippen LogP) is 4.63. The average molecular weight is 433 g/mol. The first kappa shape index (κ1) is 21.6. The number of aromatic nitrogens is 2. The Morgan fingerprint density at radius 1 is 1.06 bits per heavy atom. The number of piperidine rings is 1. The van der Waals surface area contributed by atoms with Gasteiger partial charge in [-0.3, -0.25) is 4.79 Å². The summed E-state index contributed by atoms with van der Waals surface area (Å²) in [4.78, 5) is 24.9. The maximum absolute atomic E-state index is 13.3. The van der Waals surface area contributed by atoms with Gasteiger partial charge in [-0.15, -0.1) is 0 Å². The Balaban J connectivity index is 1.49. The van der Waals surface area contributed by atoms with Crippen molar-refractivity contribution in [2.24, 2.45) is 11.8 Å². The smallest absolute Gasteiger partial charge is 0.254 e. The number of fused-ring (bicyclic) bond motifs is 1. The molecule has 32 heavy (non-hydrogen) atoms. The molecule has 1 N–H and O–H groups in total. The molecule has 170 valence electrons. The Morgan fingerprint density at radius 2 is 1.78 bits per heavy atom. The molecule has 1 atom stereocenters. The average Bonchev–Trinajstić information content (AvgIpc) is 3.15. The standard InChI is InChI=1S/C27H36N4O/c1-19-15-23(27(2,22-9-13-28-14-10-22)26-29-11-6-12-30-26)16-21-18-31(25(32)24(19)21)17-20-7-4-3-5-8-20/h6,11-12,15-16,20,22,28H,3-5,7-10,13-14,17-18H2,1-2H3. The van der Waals surface area contributed by atoms with Crippen LogP contribution in [0.15, 0.2) is 30.6 Å². The van der Waals surface area contributed by atoms with Crippen LogP contribution < -0.4 is 5.32 Å². The Hall–Kier alpha value is -2.27. The fraction of sp³-hybridized carbons (Fsp3) is 0.593. The molecule has 1 aromatic heterocycles. The molecule has 1 saturated heterocycles. The summed E-state index contributed by atoms with van der Waals surface area (Å²) in [7, 11) is 0. The van der Waals surface area contributed by atoms with Gasteiger partial charge in [-0.1, -0.05) is 31.4 Å². The number of carbonyl (C=O) groups excluding carboxylic acids is 1. The SMILES string of the molecule is Cc1cc(C(C)(c2ncccn2)C2CCNCC2)cc2c1C(=O)N(CC1CCCCC1)C2. The molecule has 0 bridgehead atoms. The topological polar surface area (TPSA) is 58.1 Å². The van der Waals surface area contributed by atoms with Crippen molar-refractivity contribution in [3.63, 3.8) is 0 Å². The van der Waals surface area contributed by atoms with E-state index in [-0.39, 0.29) is 11.3 Å². The molecule has 2 fully saturated rings. The van der Waals surface area contributed by atoms with Gasteiger partial charge in [0.2, 0.25) is 0 Å². The van der Waals surface area contributed by atoms with Crippen molar-refractivity contribution >= 4 is 5.91 Å². The van der Waals surface area contributed by atoms with E-state index in [1.165, 1.54) is 43.2 Å². The van der Waals surface area contributed by atoms with E-state index < -0.39 is 0 Å². The molecule has 1 amide bonds. The number of benzene rings is 1. The molecule has 2 aromatic rings. The fourth-order valence-electron chi connectivity index (χ4n) is 6.37. The van der Waals surface area contributed by atoms with Crippen molar-refractivity contribution in [3.05, 3.63) is 58.7 Å². The van der Waals surface area contributed by atoms with E-state index in [0.29, 0.717) is 11.8 Å². The van der Waals surface area contributed by atoms with E-state index in [2.05, 4.69) is 36.2 Å². The highest BCUT2D eigenvalue weighted by Gasteiger charge is 2.42. The number of nitrogens with zero attached hydrogens (tertiary/aromatic N) is 3. The van der Waals surface area contributed by atoms with Crippen LogP contribution in [0.4, 0.5) is 0 Å². The van der Waals surface area contributed by atoms with Crippen molar-refractivity contribution in [1.82, 2.24) is 20.2 Å². The summed E-state index contributed by atoms with van der Waals surface area (Å²) in [5.41, 5.74) is 4.23. The van der Waals surface area contributed by atoms with Gasteiger partial charge in [0.1, 0.15) is 5.82 Å². The van der Waals surface area contributed by atoms with E-state index in [9.17, 15) is 4.79 Å². The molecule has 0 spiro atoms. The number of hydrogen-bond acceptors (Lipinski definition) is 4. The number of rotatable bonds is 5. The quantitative estimate of drug-likeness (QED) is 0.749. The zero-order valence-electron chi connectivity index (χ0n) is 19.6. The zero-order chi connectivity index (χ0) is 22.1. The summed E-state index contributed by atoms with van der Waals surface area (Å²) in [6, 6.07) is 6.45. The van der Waals surface area contributed by atoms with Gasteiger partial charge in [0.05, 0.1) is 5.41 Å². The third-order valence-corrected chi connectivity index (χ3v) is 8.27. The molecule has 3 heterocycles. The highest BCUT2D eigenvalue weighted by atomic mass is 16.2. The molecule has 1 aromatic carbocycles. The van der Waals surface area contributed by atoms with Crippen LogP contribution >= 0.6 is 0 Å². The summed E-state index contributed by atoms with van der Waals surface area (Å²) >= 11 is 0. The highest BCUT2D eigenvalue weighted by molar-refractivity contribution is 5.99. The van der Waals surface area contributed by atoms with Crippen LogP contribution in [0.5, 0.6) is 0 Å². The van der Waals surface area contributed by atoms with E-state index >= 15 is 0 Å². The van der Waals surface area contributed by atoms with Gasteiger partial charge >= 0.3 is 0 Å². The lowest BCUT2D eigenvalue weighted by Gasteiger charge is -2.39. The fourth-order valence-corrected chi connectivity index (χ4v) is 6.37. The number of nitrogens with one attached hydrogen (secondary N) is 1. The molecule has 3 aliphatic rings. The molecule has 0 radical (unpaired) electrons. The second kappa shape index (κ2) is 8.93. The molecule has 1 unspecified atom stereocenters. The van der Waals surface area contributed by atoms with Gasteiger partial charge in [0.25, 0.3) is 5.91 Å². The Kier molecular flexibility index (Phi) is 6.02. The van der Waals surface area contributed by atoms with Crippen LogP contribution in [-0.2, 0) is 12.0 Å². The van der Waals surface area contributed by atoms with Crippen molar-refractivity contribution in [2.75, 3.05) is 19.6 Å².